The number of nitrogens with zero attached hydrogens (tertiary/aromatic N) is 4. The lowest BCUT2D eigenvalue weighted by atomic mass is 10.1. The van der Waals surface area contributed by atoms with Crippen molar-refractivity contribution in [2.45, 2.75) is 53.1 Å². The van der Waals surface area contributed by atoms with Gasteiger partial charge in [0.2, 0.25) is 0 Å². The highest BCUT2D eigenvalue weighted by atomic mass is 16.6. The number of allylic oxidation sites excluding steroid dienone is 1. The van der Waals surface area contributed by atoms with Crippen LogP contribution in [0, 0.1) is 0 Å². The number of ether oxygens (including phenoxy) is 2. The lowest BCUT2D eigenvalue weighted by Gasteiger charge is -2.19. The van der Waals surface area contributed by atoms with Crippen LogP contribution in [0.4, 0.5) is 15.4 Å². The fourth-order valence-electron chi connectivity index (χ4n) is 2.86. The summed E-state index contributed by atoms with van der Waals surface area (Å²) in [4.78, 5) is 24.5. The summed E-state index contributed by atoms with van der Waals surface area (Å²) in [5.74, 6) is 0.884. The van der Waals surface area contributed by atoms with E-state index in [-0.39, 0.29) is 11.7 Å². The Morgan fingerprint density at radius 3 is 2.52 bits per heavy atom. The zero-order valence-corrected chi connectivity index (χ0v) is 18.6. The number of carbonyl (C=O) groups is 2. The van der Waals surface area contributed by atoms with Crippen molar-refractivity contribution in [1.29, 1.82) is 0 Å². The quantitative estimate of drug-likeness (QED) is 0.576. The minimum Gasteiger partial charge on any atom is -0.442 e. The molecule has 9 heteroatoms. The van der Waals surface area contributed by atoms with Gasteiger partial charge in [-0.2, -0.15) is 14.9 Å². The van der Waals surface area contributed by atoms with E-state index in [0.29, 0.717) is 17.0 Å². The third-order valence-corrected chi connectivity index (χ3v) is 4.18. The summed E-state index contributed by atoms with van der Waals surface area (Å²) < 4.78 is 13.2. The van der Waals surface area contributed by atoms with Gasteiger partial charge >= 0.3 is 12.2 Å². The Balaban J connectivity index is 1.98. The molecule has 0 bridgehead atoms. The maximum Gasteiger partial charge on any atom is 0.435 e. The molecule has 0 spiro atoms. The van der Waals surface area contributed by atoms with Gasteiger partial charge in [-0.15, -0.1) is 0 Å². The highest BCUT2D eigenvalue weighted by Gasteiger charge is 2.21. The van der Waals surface area contributed by atoms with Crippen molar-refractivity contribution in [3.8, 4) is 5.69 Å². The Labute approximate surface area is 180 Å². The number of rotatable bonds is 4. The van der Waals surface area contributed by atoms with Crippen molar-refractivity contribution in [1.82, 2.24) is 19.6 Å². The molecule has 2 heterocycles. The van der Waals surface area contributed by atoms with E-state index in [1.165, 1.54) is 4.68 Å². The Morgan fingerprint density at radius 2 is 1.90 bits per heavy atom. The van der Waals surface area contributed by atoms with Gasteiger partial charge in [-0.1, -0.05) is 20.4 Å². The van der Waals surface area contributed by atoms with E-state index in [2.05, 4.69) is 22.1 Å². The van der Waals surface area contributed by atoms with Gasteiger partial charge in [-0.25, -0.2) is 14.3 Å². The molecule has 3 rings (SSSR count). The summed E-state index contributed by atoms with van der Waals surface area (Å²) in [5.41, 5.74) is 1.46. The smallest absolute Gasteiger partial charge is 0.435 e. The van der Waals surface area contributed by atoms with Gasteiger partial charge in [0.05, 0.1) is 28.9 Å². The van der Waals surface area contributed by atoms with Crippen molar-refractivity contribution >= 4 is 28.9 Å². The van der Waals surface area contributed by atoms with Gasteiger partial charge in [0.25, 0.3) is 0 Å². The van der Waals surface area contributed by atoms with E-state index >= 15 is 0 Å². The van der Waals surface area contributed by atoms with E-state index < -0.39 is 17.8 Å². The lowest BCUT2D eigenvalue weighted by Crippen LogP contribution is -2.27. The summed E-state index contributed by atoms with van der Waals surface area (Å²) >= 11 is 0. The van der Waals surface area contributed by atoms with Gasteiger partial charge in [-0.05, 0) is 51.8 Å². The first-order valence-corrected chi connectivity index (χ1v) is 9.90. The normalized spacial score (nSPS) is 11.6. The Hall–Kier alpha value is -3.62. The molecule has 0 saturated carbocycles. The van der Waals surface area contributed by atoms with Crippen molar-refractivity contribution in [3.05, 3.63) is 48.5 Å². The highest BCUT2D eigenvalue weighted by molar-refractivity contribution is 5.89. The third-order valence-electron chi connectivity index (χ3n) is 4.18. The molecule has 1 N–H and O–H groups in total. The van der Waals surface area contributed by atoms with Crippen molar-refractivity contribution < 1.29 is 19.1 Å². The van der Waals surface area contributed by atoms with Gasteiger partial charge < -0.3 is 9.47 Å². The molecule has 0 radical (unpaired) electrons. The minimum absolute atomic E-state index is 0.151. The van der Waals surface area contributed by atoms with Crippen LogP contribution in [-0.2, 0) is 9.47 Å². The third kappa shape index (κ3) is 5.11. The molecular formula is C22H27N5O4. The van der Waals surface area contributed by atoms with Crippen LogP contribution in [0.5, 0.6) is 0 Å². The SMILES string of the molecule is C=C(C)OC(=O)Nc1cc(C(C)C)nn1-c1ccc2c(cnn2C(=O)OC(C)(C)C)c1. The number of hydrogen-bond donors (Lipinski definition) is 1. The summed E-state index contributed by atoms with van der Waals surface area (Å²) in [7, 11) is 0. The molecule has 0 aliphatic heterocycles. The van der Waals surface area contributed by atoms with Crippen molar-refractivity contribution in [2.24, 2.45) is 0 Å². The second kappa shape index (κ2) is 8.25. The Morgan fingerprint density at radius 1 is 1.19 bits per heavy atom. The van der Waals surface area contributed by atoms with Crippen molar-refractivity contribution in [3.63, 3.8) is 0 Å². The van der Waals surface area contributed by atoms with Gasteiger partial charge in [0.15, 0.2) is 0 Å². The largest absolute Gasteiger partial charge is 0.442 e. The van der Waals surface area contributed by atoms with E-state index in [1.807, 2.05) is 19.9 Å². The Kier molecular flexibility index (Phi) is 5.88. The van der Waals surface area contributed by atoms with Crippen LogP contribution in [-0.4, -0.2) is 37.3 Å². The number of amides is 1. The highest BCUT2D eigenvalue weighted by Crippen LogP contribution is 2.25. The maximum atomic E-state index is 12.4. The van der Waals surface area contributed by atoms with Gasteiger partial charge in [-0.3, -0.25) is 5.32 Å². The number of aromatic nitrogens is 4. The number of benzene rings is 1. The standard InChI is InChI=1S/C22H27N5O4/c1-13(2)17-11-19(24-20(28)30-14(3)4)26(25-17)16-8-9-18-15(10-16)12-23-27(18)21(29)31-22(5,6)7/h8-13H,3H2,1-2,4-7H3,(H,24,28). The zero-order chi connectivity index (χ0) is 22.9. The van der Waals surface area contributed by atoms with Gasteiger partial charge in [0, 0.05) is 11.5 Å². The minimum atomic E-state index is -0.650. The molecule has 0 aliphatic carbocycles. The fraction of sp³-hybridized carbons (Fsp3) is 0.364. The molecule has 2 aromatic heterocycles. The molecule has 0 fully saturated rings. The second-order valence-corrected chi connectivity index (χ2v) is 8.52. The van der Waals surface area contributed by atoms with E-state index in [1.54, 1.807) is 56.8 Å². The molecule has 3 aromatic rings. The topological polar surface area (TPSA) is 100 Å². The monoisotopic (exact) mass is 425 g/mol. The average molecular weight is 425 g/mol. The molecule has 0 aliphatic rings. The lowest BCUT2D eigenvalue weighted by molar-refractivity contribution is 0.0522. The molecular weight excluding hydrogens is 398 g/mol. The number of nitrogens with one attached hydrogen (secondary N) is 1. The first kappa shape index (κ1) is 22.1. The second-order valence-electron chi connectivity index (χ2n) is 8.52. The first-order chi connectivity index (χ1) is 14.4. The average Bonchev–Trinajstić information content (AvgIpc) is 3.23. The number of anilines is 1. The van der Waals surface area contributed by atoms with Crippen molar-refractivity contribution in [2.75, 3.05) is 5.32 Å². The Bertz CT molecular complexity index is 1150. The zero-order valence-electron chi connectivity index (χ0n) is 18.6. The molecule has 31 heavy (non-hydrogen) atoms. The van der Waals surface area contributed by atoms with Gasteiger partial charge in [0.1, 0.15) is 11.4 Å². The fourth-order valence-corrected chi connectivity index (χ4v) is 2.86. The molecule has 0 atom stereocenters. The summed E-state index contributed by atoms with van der Waals surface area (Å²) in [5, 5.41) is 12.2. The van der Waals surface area contributed by atoms with Crippen LogP contribution >= 0.6 is 0 Å². The first-order valence-electron chi connectivity index (χ1n) is 9.90. The number of carbonyl (C=O) groups excluding carboxylic acids is 2. The number of hydrogen-bond acceptors (Lipinski definition) is 6. The van der Waals surface area contributed by atoms with Crippen LogP contribution < -0.4 is 5.32 Å². The molecule has 164 valence electrons. The number of fused-ring (bicyclic) bond motifs is 1. The van der Waals surface area contributed by atoms with Crippen LogP contribution in [0.15, 0.2) is 42.8 Å². The molecule has 0 saturated heterocycles. The molecule has 0 unspecified atom stereocenters. The predicted octanol–water partition coefficient (Wildman–Crippen LogP) is 5.21. The molecule has 1 aromatic carbocycles. The van der Waals surface area contributed by atoms with Crippen LogP contribution in [0.1, 0.15) is 53.2 Å². The van der Waals surface area contributed by atoms with E-state index in [9.17, 15) is 9.59 Å². The molecule has 9 nitrogen and oxygen atoms in total. The van der Waals surface area contributed by atoms with Crippen LogP contribution in [0.25, 0.3) is 16.6 Å². The summed E-state index contributed by atoms with van der Waals surface area (Å²) in [6.45, 7) is 14.6. The van der Waals surface area contributed by atoms with Crippen LogP contribution in [0.2, 0.25) is 0 Å². The maximum absolute atomic E-state index is 12.4. The summed E-state index contributed by atoms with van der Waals surface area (Å²) in [6, 6.07) is 7.17. The summed E-state index contributed by atoms with van der Waals surface area (Å²) in [6.07, 6.45) is 0.377. The molecule has 1 amide bonds. The van der Waals surface area contributed by atoms with Crippen LogP contribution in [0.3, 0.4) is 0 Å². The van der Waals surface area contributed by atoms with E-state index in [4.69, 9.17) is 9.47 Å². The predicted molar refractivity (Wildman–Crippen MR) is 117 cm³/mol. The van der Waals surface area contributed by atoms with E-state index in [0.717, 1.165) is 11.1 Å².